The molecule has 0 rings (SSSR count). The van der Waals surface area contributed by atoms with Crippen LogP contribution in [0, 0.1) is 0 Å². The van der Waals surface area contributed by atoms with Crippen LogP contribution in [0.2, 0.25) is 0 Å². The number of hydrogen-bond acceptors (Lipinski definition) is 9. The zero-order chi connectivity index (χ0) is 39.2. The number of rotatable bonds is 17. The molecule has 0 heterocycles. The Morgan fingerprint density at radius 3 is 0.792 bits per heavy atom. The lowest BCUT2D eigenvalue weighted by molar-refractivity contribution is -0.349. The van der Waals surface area contributed by atoms with Gasteiger partial charge in [-0.25, -0.2) is 0 Å². The fraction of sp³-hybridized carbons (Fsp3) is 1.00. The molecule has 0 saturated carbocycles. The molecule has 0 N–H and O–H groups in total. The minimum Gasteiger partial charge on any atom is -0.267 e. The molecule has 0 aromatic heterocycles. The Kier molecular flexibility index (Phi) is 12.9. The average molecular weight is 830 g/mol. The van der Waals surface area contributed by atoms with Gasteiger partial charge in [-0.2, -0.15) is 117 Å². The van der Waals surface area contributed by atoms with Crippen molar-refractivity contribution in [3.63, 3.8) is 0 Å². The van der Waals surface area contributed by atoms with Crippen molar-refractivity contribution in [2.45, 2.75) is 60.2 Å². The van der Waals surface area contributed by atoms with Gasteiger partial charge in [0.2, 0.25) is 0 Å². The van der Waals surface area contributed by atoms with Crippen molar-refractivity contribution >= 4 is 30.4 Å². The molecule has 0 aromatic carbocycles. The maximum Gasteiger partial charge on any atom is 0.459 e. The third-order valence-electron chi connectivity index (χ3n) is 4.67. The van der Waals surface area contributed by atoms with Crippen LogP contribution in [-0.2, 0) is 42.9 Å². The van der Waals surface area contributed by atoms with Crippen LogP contribution in [0.3, 0.4) is 0 Å². The van der Waals surface area contributed by atoms with E-state index in [0.29, 0.717) is 0 Å². The van der Waals surface area contributed by atoms with Gasteiger partial charge in [-0.15, -0.1) is 0 Å². The second-order valence-electron chi connectivity index (χ2n) is 8.72. The molecular formula is C15H11F21O9S3. The molecule has 0 aliphatic heterocycles. The van der Waals surface area contributed by atoms with Crippen LogP contribution < -0.4 is 0 Å². The normalized spacial score (nSPS) is 16.1. The monoisotopic (exact) mass is 830 g/mol. The number of halogens is 21. The standard InChI is InChI=1S/C15H11F21O9S3/c16-7(17,10(22,23)13(28,29)30)3-46(37,38)43-1-6(45-48(41,42)5-9(20,21)12(26,27)15(34,35)36)2-44-47(39,40)4-8(18,19)11(24,25)14(31,32)33/h6H,1-5H2. The Morgan fingerprint density at radius 1 is 0.375 bits per heavy atom. The van der Waals surface area contributed by atoms with Crippen molar-refractivity contribution < 1.29 is 130 Å². The summed E-state index contributed by atoms with van der Waals surface area (Å²) in [7, 11) is -20.3. The van der Waals surface area contributed by atoms with Crippen molar-refractivity contribution in [3.8, 4) is 0 Å². The van der Waals surface area contributed by atoms with E-state index in [0.717, 1.165) is 0 Å². The molecule has 0 bridgehead atoms. The van der Waals surface area contributed by atoms with E-state index in [1.165, 1.54) is 0 Å². The Bertz CT molecular complexity index is 1370. The molecule has 0 fully saturated rings. The minimum absolute atomic E-state index is 2.76. The Hall–Kier alpha value is -1.74. The fourth-order valence-electron chi connectivity index (χ4n) is 2.35. The van der Waals surface area contributed by atoms with E-state index >= 15 is 0 Å². The molecule has 0 saturated heterocycles. The van der Waals surface area contributed by atoms with Crippen molar-refractivity contribution in [2.24, 2.45) is 0 Å². The zero-order valence-corrected chi connectivity index (χ0v) is 23.9. The molecule has 48 heavy (non-hydrogen) atoms. The predicted molar refractivity (Wildman–Crippen MR) is 106 cm³/mol. The van der Waals surface area contributed by atoms with Gasteiger partial charge in [-0.05, 0) is 0 Å². The Morgan fingerprint density at radius 2 is 0.583 bits per heavy atom. The van der Waals surface area contributed by atoms with E-state index in [-0.39, 0.29) is 0 Å². The van der Waals surface area contributed by atoms with E-state index in [2.05, 4.69) is 12.5 Å². The SMILES string of the molecule is O=S(=O)(CC(F)(F)C(F)(F)C(F)(F)F)OCC(COS(=O)(=O)CC(F)(F)C(F)(F)C(F)(F)F)OS(=O)(=O)CC(F)(F)C(F)(F)C(F)(F)F. The smallest absolute Gasteiger partial charge is 0.267 e. The van der Waals surface area contributed by atoms with Gasteiger partial charge in [0.1, 0.15) is 23.4 Å². The summed E-state index contributed by atoms with van der Waals surface area (Å²) in [5.41, 5.74) is 0. The average Bonchev–Trinajstić information content (AvgIpc) is 2.76. The quantitative estimate of drug-likeness (QED) is 0.149. The van der Waals surface area contributed by atoms with Crippen LogP contribution in [0.4, 0.5) is 92.2 Å². The summed E-state index contributed by atoms with van der Waals surface area (Å²) in [6, 6.07) is 0. The first-order chi connectivity index (χ1) is 20.4. The highest BCUT2D eigenvalue weighted by molar-refractivity contribution is 7.87. The third kappa shape index (κ3) is 10.9. The highest BCUT2D eigenvalue weighted by atomic mass is 32.2. The van der Waals surface area contributed by atoms with E-state index in [1.54, 1.807) is 0 Å². The van der Waals surface area contributed by atoms with Crippen LogP contribution in [0.15, 0.2) is 0 Å². The second-order valence-corrected chi connectivity index (χ2v) is 13.6. The summed E-state index contributed by atoms with van der Waals surface area (Å²) in [5, 5.41) is 0. The summed E-state index contributed by atoms with van der Waals surface area (Å²) >= 11 is 0. The first-order valence-corrected chi connectivity index (χ1v) is 15.3. The molecule has 0 amide bonds. The third-order valence-corrected chi connectivity index (χ3v) is 8.37. The van der Waals surface area contributed by atoms with Crippen molar-refractivity contribution in [1.29, 1.82) is 0 Å². The molecule has 0 unspecified atom stereocenters. The van der Waals surface area contributed by atoms with Gasteiger partial charge in [0, 0.05) is 0 Å². The van der Waals surface area contributed by atoms with Crippen LogP contribution >= 0.6 is 0 Å². The summed E-state index contributed by atoms with van der Waals surface area (Å²) < 4.78 is 348. The maximum absolute atomic E-state index is 13.5. The lowest BCUT2D eigenvalue weighted by Gasteiger charge is -2.29. The molecule has 33 heteroatoms. The molecule has 0 spiro atoms. The van der Waals surface area contributed by atoms with Gasteiger partial charge in [0.15, 0.2) is 0 Å². The molecule has 0 aliphatic carbocycles. The molecule has 290 valence electrons. The molecule has 9 nitrogen and oxygen atoms in total. The highest BCUT2D eigenvalue weighted by Gasteiger charge is 2.76. The van der Waals surface area contributed by atoms with E-state index < -0.39 is 121 Å². The first-order valence-electron chi connectivity index (χ1n) is 10.5. The zero-order valence-electron chi connectivity index (χ0n) is 21.4. The lowest BCUT2D eigenvalue weighted by atomic mass is 10.2. The summed E-state index contributed by atoms with van der Waals surface area (Å²) in [4.78, 5) is 0. The van der Waals surface area contributed by atoms with E-state index in [9.17, 15) is 117 Å². The Balaban J connectivity index is 6.48. The van der Waals surface area contributed by atoms with Crippen molar-refractivity contribution in [2.75, 3.05) is 30.5 Å². The topological polar surface area (TPSA) is 130 Å². The Labute approximate surface area is 251 Å². The van der Waals surface area contributed by atoms with Crippen LogP contribution in [0.25, 0.3) is 0 Å². The summed E-state index contributed by atoms with van der Waals surface area (Å²) in [6.07, 6.45) is -25.4. The molecule has 0 radical (unpaired) electrons. The van der Waals surface area contributed by atoms with E-state index in [1.807, 2.05) is 0 Å². The number of hydrogen-bond donors (Lipinski definition) is 0. The lowest BCUT2D eigenvalue weighted by Crippen LogP contribution is -2.55. The van der Waals surface area contributed by atoms with Gasteiger partial charge >= 0.3 is 54.1 Å². The summed E-state index contributed by atoms with van der Waals surface area (Å²) in [6.45, 7) is -5.53. The fourth-order valence-corrected chi connectivity index (χ4v) is 5.70. The summed E-state index contributed by atoms with van der Waals surface area (Å²) in [5.74, 6) is -53.5. The highest BCUT2D eigenvalue weighted by Crippen LogP contribution is 2.49. The number of alkyl halides is 21. The van der Waals surface area contributed by atoms with Gasteiger partial charge in [0.05, 0.1) is 13.2 Å². The maximum atomic E-state index is 13.5. The second kappa shape index (κ2) is 13.4. The minimum atomic E-state index is -7.30. The van der Waals surface area contributed by atoms with Crippen molar-refractivity contribution in [1.82, 2.24) is 0 Å². The molecule has 0 aromatic rings. The van der Waals surface area contributed by atoms with Gasteiger partial charge < -0.3 is 0 Å². The molecule has 0 aliphatic rings. The van der Waals surface area contributed by atoms with E-state index in [4.69, 9.17) is 0 Å². The van der Waals surface area contributed by atoms with Gasteiger partial charge in [-0.3, -0.25) is 12.5 Å². The first kappa shape index (κ1) is 46.3. The van der Waals surface area contributed by atoms with Crippen LogP contribution in [-0.4, -0.2) is 116 Å². The van der Waals surface area contributed by atoms with Crippen molar-refractivity contribution in [3.05, 3.63) is 0 Å². The van der Waals surface area contributed by atoms with Gasteiger partial charge in [0.25, 0.3) is 30.4 Å². The largest absolute Gasteiger partial charge is 0.459 e. The van der Waals surface area contributed by atoms with Gasteiger partial charge in [-0.1, -0.05) is 0 Å². The van der Waals surface area contributed by atoms with Crippen LogP contribution in [0.1, 0.15) is 0 Å². The predicted octanol–water partition coefficient (Wildman–Crippen LogP) is 4.89. The van der Waals surface area contributed by atoms with Crippen LogP contribution in [0.5, 0.6) is 0 Å². The molecule has 0 atom stereocenters. The molecular weight excluding hydrogens is 819 g/mol.